The summed E-state index contributed by atoms with van der Waals surface area (Å²) < 4.78 is 12.7. The lowest BCUT2D eigenvalue weighted by Gasteiger charge is -2.13. The van der Waals surface area contributed by atoms with Gasteiger partial charge in [-0.25, -0.2) is 4.98 Å². The molecule has 1 atom stereocenters. The van der Waals surface area contributed by atoms with Crippen molar-refractivity contribution in [1.29, 1.82) is 0 Å². The second-order valence-electron chi connectivity index (χ2n) is 5.50. The fraction of sp³-hybridized carbons (Fsp3) is 0.222. The van der Waals surface area contributed by atoms with Gasteiger partial charge >= 0.3 is 0 Å². The topological polar surface area (TPSA) is 69.4 Å². The van der Waals surface area contributed by atoms with Gasteiger partial charge < -0.3 is 14.6 Å². The molecule has 0 saturated heterocycles. The summed E-state index contributed by atoms with van der Waals surface area (Å²) in [6, 6.07) is 14.4. The number of aromatic nitrogens is 3. The first-order valence-electron chi connectivity index (χ1n) is 7.75. The van der Waals surface area contributed by atoms with Gasteiger partial charge in [0.15, 0.2) is 5.82 Å². The van der Waals surface area contributed by atoms with E-state index < -0.39 is 6.10 Å². The molecule has 3 rings (SSSR count). The van der Waals surface area contributed by atoms with Crippen LogP contribution in [0.5, 0.6) is 11.5 Å². The molecule has 0 fully saturated rings. The molecule has 130 valence electrons. The van der Waals surface area contributed by atoms with Gasteiger partial charge in [-0.2, -0.15) is 5.10 Å². The lowest BCUT2D eigenvalue weighted by molar-refractivity contribution is 0.0626. The molecule has 0 spiro atoms. The molecule has 0 saturated carbocycles. The summed E-state index contributed by atoms with van der Waals surface area (Å²) in [6.07, 6.45) is 0.907. The molecular formula is C18H18ClN3O3. The van der Waals surface area contributed by atoms with E-state index >= 15 is 0 Å². The Morgan fingerprint density at radius 2 is 1.56 bits per heavy atom. The van der Waals surface area contributed by atoms with Gasteiger partial charge in [0, 0.05) is 17.6 Å². The van der Waals surface area contributed by atoms with Gasteiger partial charge in [0.1, 0.15) is 37.1 Å². The van der Waals surface area contributed by atoms with Crippen molar-refractivity contribution in [1.82, 2.24) is 14.8 Å². The van der Waals surface area contributed by atoms with Crippen molar-refractivity contribution in [2.24, 2.45) is 7.05 Å². The number of aliphatic hydroxyl groups is 1. The van der Waals surface area contributed by atoms with Crippen LogP contribution in [0.25, 0.3) is 11.4 Å². The number of hydrogen-bond acceptors (Lipinski definition) is 5. The van der Waals surface area contributed by atoms with Gasteiger partial charge in [-0.1, -0.05) is 11.6 Å². The van der Waals surface area contributed by atoms with E-state index in [0.717, 1.165) is 5.56 Å². The van der Waals surface area contributed by atoms with Crippen LogP contribution < -0.4 is 9.47 Å². The van der Waals surface area contributed by atoms with Gasteiger partial charge in [0.05, 0.1) is 0 Å². The summed E-state index contributed by atoms with van der Waals surface area (Å²) in [6.45, 7) is 0.270. The molecule has 0 aliphatic heterocycles. The number of halogens is 1. The maximum absolute atomic E-state index is 9.96. The SMILES string of the molecule is Cn1cnc(-c2ccc(OC[C@H](O)COc3ccc(Cl)cc3)cc2)n1. The van der Waals surface area contributed by atoms with Crippen LogP contribution in [-0.2, 0) is 7.05 Å². The van der Waals surface area contributed by atoms with Gasteiger partial charge in [0.25, 0.3) is 0 Å². The first kappa shape index (κ1) is 17.3. The Morgan fingerprint density at radius 3 is 2.08 bits per heavy atom. The maximum atomic E-state index is 9.96. The van der Waals surface area contributed by atoms with Crippen LogP contribution in [0.15, 0.2) is 54.9 Å². The zero-order valence-electron chi connectivity index (χ0n) is 13.7. The summed E-state index contributed by atoms with van der Waals surface area (Å²) in [4.78, 5) is 4.19. The molecule has 0 amide bonds. The van der Waals surface area contributed by atoms with E-state index in [9.17, 15) is 5.11 Å². The van der Waals surface area contributed by atoms with Crippen molar-refractivity contribution in [3.8, 4) is 22.9 Å². The van der Waals surface area contributed by atoms with Crippen LogP contribution in [0.3, 0.4) is 0 Å². The number of rotatable bonds is 7. The quantitative estimate of drug-likeness (QED) is 0.702. The lowest BCUT2D eigenvalue weighted by Crippen LogP contribution is -2.25. The molecule has 0 unspecified atom stereocenters. The van der Waals surface area contributed by atoms with Crippen molar-refractivity contribution >= 4 is 11.6 Å². The Morgan fingerprint density at radius 1 is 1.00 bits per heavy atom. The molecule has 0 bridgehead atoms. The first-order chi connectivity index (χ1) is 12.1. The Hall–Kier alpha value is -2.57. The van der Waals surface area contributed by atoms with Crippen LogP contribution >= 0.6 is 11.6 Å². The Balaban J connectivity index is 1.47. The number of benzene rings is 2. The molecule has 7 heteroatoms. The molecule has 3 aromatic rings. The molecule has 0 aliphatic carbocycles. The first-order valence-corrected chi connectivity index (χ1v) is 8.13. The lowest BCUT2D eigenvalue weighted by atomic mass is 10.2. The average molecular weight is 360 g/mol. The van der Waals surface area contributed by atoms with E-state index in [1.165, 1.54) is 0 Å². The highest BCUT2D eigenvalue weighted by Gasteiger charge is 2.08. The predicted octanol–water partition coefficient (Wildman–Crippen LogP) is 2.95. The minimum atomic E-state index is -0.743. The molecule has 0 radical (unpaired) electrons. The molecule has 6 nitrogen and oxygen atoms in total. The molecule has 25 heavy (non-hydrogen) atoms. The summed E-state index contributed by atoms with van der Waals surface area (Å²) in [7, 11) is 1.82. The summed E-state index contributed by atoms with van der Waals surface area (Å²) in [5.41, 5.74) is 0.902. The third-order valence-electron chi connectivity index (χ3n) is 3.41. The smallest absolute Gasteiger partial charge is 0.181 e. The zero-order valence-corrected chi connectivity index (χ0v) is 14.4. The van der Waals surface area contributed by atoms with Crippen LogP contribution in [0.2, 0.25) is 5.02 Å². The average Bonchev–Trinajstić information content (AvgIpc) is 3.06. The predicted molar refractivity (Wildman–Crippen MR) is 94.9 cm³/mol. The minimum Gasteiger partial charge on any atom is -0.491 e. The van der Waals surface area contributed by atoms with Crippen LogP contribution in [0.1, 0.15) is 0 Å². The van der Waals surface area contributed by atoms with Crippen LogP contribution in [-0.4, -0.2) is 39.2 Å². The van der Waals surface area contributed by atoms with E-state index in [1.807, 2.05) is 31.3 Å². The number of ether oxygens (including phenoxy) is 2. The zero-order chi connectivity index (χ0) is 17.6. The van der Waals surface area contributed by atoms with E-state index in [2.05, 4.69) is 10.1 Å². The summed E-state index contributed by atoms with van der Waals surface area (Å²) >= 11 is 5.81. The van der Waals surface area contributed by atoms with Gasteiger partial charge in [0.2, 0.25) is 0 Å². The second-order valence-corrected chi connectivity index (χ2v) is 5.93. The van der Waals surface area contributed by atoms with Crippen molar-refractivity contribution in [3.05, 3.63) is 59.9 Å². The Bertz CT molecular complexity index is 803. The highest BCUT2D eigenvalue weighted by molar-refractivity contribution is 6.30. The number of nitrogens with zero attached hydrogens (tertiary/aromatic N) is 3. The summed E-state index contributed by atoms with van der Waals surface area (Å²) in [5, 5.41) is 14.8. The second kappa shape index (κ2) is 8.00. The fourth-order valence-electron chi connectivity index (χ4n) is 2.14. The van der Waals surface area contributed by atoms with Crippen molar-refractivity contribution in [3.63, 3.8) is 0 Å². The Kier molecular flexibility index (Phi) is 5.53. The standard InChI is InChI=1S/C18H18ClN3O3/c1-22-12-20-18(21-22)13-2-6-16(7-3-13)24-10-15(23)11-25-17-8-4-14(19)5-9-17/h2-9,12,15,23H,10-11H2,1H3/t15-/m0/s1. The van der Waals surface area contributed by atoms with Crippen molar-refractivity contribution in [2.75, 3.05) is 13.2 Å². The highest BCUT2D eigenvalue weighted by atomic mass is 35.5. The highest BCUT2D eigenvalue weighted by Crippen LogP contribution is 2.19. The minimum absolute atomic E-state index is 0.134. The number of aryl methyl sites for hydroxylation is 1. The number of hydrogen-bond donors (Lipinski definition) is 1. The molecular weight excluding hydrogens is 342 g/mol. The summed E-state index contributed by atoms with van der Waals surface area (Å²) in [5.74, 6) is 1.96. The van der Waals surface area contributed by atoms with Crippen molar-refractivity contribution in [2.45, 2.75) is 6.10 Å². The van der Waals surface area contributed by atoms with E-state index in [1.54, 1.807) is 35.3 Å². The van der Waals surface area contributed by atoms with Crippen molar-refractivity contribution < 1.29 is 14.6 Å². The van der Waals surface area contributed by atoms with E-state index in [4.69, 9.17) is 21.1 Å². The van der Waals surface area contributed by atoms with Gasteiger partial charge in [-0.3, -0.25) is 4.68 Å². The fourth-order valence-corrected chi connectivity index (χ4v) is 2.26. The van der Waals surface area contributed by atoms with Gasteiger partial charge in [-0.15, -0.1) is 0 Å². The number of aliphatic hydroxyl groups excluding tert-OH is 1. The Labute approximate surface area is 150 Å². The molecule has 1 N–H and O–H groups in total. The van der Waals surface area contributed by atoms with E-state index in [-0.39, 0.29) is 13.2 Å². The molecule has 0 aliphatic rings. The maximum Gasteiger partial charge on any atom is 0.181 e. The van der Waals surface area contributed by atoms with Crippen LogP contribution in [0, 0.1) is 0 Å². The van der Waals surface area contributed by atoms with Crippen LogP contribution in [0.4, 0.5) is 0 Å². The van der Waals surface area contributed by atoms with E-state index in [0.29, 0.717) is 22.3 Å². The normalized spacial score (nSPS) is 12.0. The molecule has 2 aromatic carbocycles. The third-order valence-corrected chi connectivity index (χ3v) is 3.66. The van der Waals surface area contributed by atoms with Gasteiger partial charge in [-0.05, 0) is 48.5 Å². The third kappa shape index (κ3) is 4.95. The largest absolute Gasteiger partial charge is 0.491 e. The monoisotopic (exact) mass is 359 g/mol. The molecule has 1 aromatic heterocycles. The molecule has 1 heterocycles.